The second kappa shape index (κ2) is 4.36. The van der Waals surface area contributed by atoms with E-state index in [1.807, 2.05) is 19.1 Å². The fraction of sp³-hybridized carbons (Fsp3) is 0.333. The quantitative estimate of drug-likeness (QED) is 0.742. The lowest BCUT2D eigenvalue weighted by Crippen LogP contribution is -2.01. The van der Waals surface area contributed by atoms with E-state index >= 15 is 0 Å². The zero-order chi connectivity index (χ0) is 8.97. The van der Waals surface area contributed by atoms with E-state index in [2.05, 4.69) is 20.9 Å². The van der Waals surface area contributed by atoms with E-state index in [0.29, 0.717) is 0 Å². The van der Waals surface area contributed by atoms with Crippen LogP contribution in [0.2, 0.25) is 0 Å². The van der Waals surface area contributed by atoms with Crippen molar-refractivity contribution in [2.75, 3.05) is 0 Å². The summed E-state index contributed by atoms with van der Waals surface area (Å²) < 4.78 is 0.963. The second-order valence-electron chi connectivity index (χ2n) is 2.79. The lowest BCUT2D eigenvalue weighted by molar-refractivity contribution is -0.110. The van der Waals surface area contributed by atoms with E-state index in [9.17, 15) is 4.79 Å². The van der Waals surface area contributed by atoms with Crippen molar-refractivity contribution in [3.8, 4) is 0 Å². The molecule has 0 radical (unpaired) electrons. The Kier molecular flexibility index (Phi) is 3.41. The molecule has 1 heterocycles. The summed E-state index contributed by atoms with van der Waals surface area (Å²) in [6.07, 6.45) is 3.41. The van der Waals surface area contributed by atoms with Crippen molar-refractivity contribution < 1.29 is 4.79 Å². The highest BCUT2D eigenvalue weighted by Gasteiger charge is 2.01. The molecule has 0 amide bonds. The fourth-order valence-electron chi connectivity index (χ4n) is 0.905. The summed E-state index contributed by atoms with van der Waals surface area (Å²) in [5, 5.41) is 0. The molecule has 0 saturated carbocycles. The molecule has 0 spiro atoms. The van der Waals surface area contributed by atoms with Gasteiger partial charge >= 0.3 is 0 Å². The summed E-state index contributed by atoms with van der Waals surface area (Å²) >= 11 is 3.30. The molecule has 0 aromatic carbocycles. The van der Waals surface area contributed by atoms with Crippen molar-refractivity contribution in [3.05, 3.63) is 28.5 Å². The summed E-state index contributed by atoms with van der Waals surface area (Å²) in [5.74, 6) is 0.0543. The predicted molar refractivity (Wildman–Crippen MR) is 50.9 cm³/mol. The van der Waals surface area contributed by atoms with E-state index in [1.54, 1.807) is 6.20 Å². The van der Waals surface area contributed by atoms with Gasteiger partial charge in [-0.2, -0.15) is 0 Å². The van der Waals surface area contributed by atoms with Gasteiger partial charge in [0.05, 0.1) is 0 Å². The average molecular weight is 228 g/mol. The number of nitrogens with zero attached hydrogens (tertiary/aromatic N) is 1. The van der Waals surface area contributed by atoms with Crippen LogP contribution in [0.3, 0.4) is 0 Å². The van der Waals surface area contributed by atoms with Crippen LogP contribution in [-0.2, 0) is 11.2 Å². The number of rotatable bonds is 3. The topological polar surface area (TPSA) is 30.0 Å². The van der Waals surface area contributed by atoms with Crippen LogP contribution in [0, 0.1) is 5.92 Å². The number of hydrogen-bond acceptors (Lipinski definition) is 2. The molecule has 3 heteroatoms. The van der Waals surface area contributed by atoms with Gasteiger partial charge in [-0.15, -0.1) is 0 Å². The molecule has 1 atom stereocenters. The maximum absolute atomic E-state index is 10.3. The van der Waals surface area contributed by atoms with Gasteiger partial charge in [0, 0.05) is 22.3 Å². The van der Waals surface area contributed by atoms with Crippen molar-refractivity contribution in [1.82, 2.24) is 4.98 Å². The monoisotopic (exact) mass is 227 g/mol. The van der Waals surface area contributed by atoms with Gasteiger partial charge < -0.3 is 4.79 Å². The van der Waals surface area contributed by atoms with Crippen LogP contribution in [0.1, 0.15) is 12.6 Å². The lowest BCUT2D eigenvalue weighted by Gasteiger charge is -2.01. The highest BCUT2D eigenvalue weighted by atomic mass is 79.9. The molecule has 0 fully saturated rings. The van der Waals surface area contributed by atoms with E-state index in [4.69, 9.17) is 0 Å². The molecule has 12 heavy (non-hydrogen) atoms. The van der Waals surface area contributed by atoms with Crippen molar-refractivity contribution in [2.45, 2.75) is 13.3 Å². The highest BCUT2D eigenvalue weighted by molar-refractivity contribution is 9.10. The first-order valence-electron chi connectivity index (χ1n) is 3.78. The minimum atomic E-state index is 0.0543. The Labute approximate surface area is 80.1 Å². The van der Waals surface area contributed by atoms with Gasteiger partial charge in [0.2, 0.25) is 0 Å². The molecule has 0 aliphatic rings. The van der Waals surface area contributed by atoms with Crippen LogP contribution in [0.5, 0.6) is 0 Å². The van der Waals surface area contributed by atoms with Crippen LogP contribution in [0.15, 0.2) is 22.8 Å². The number of carbonyl (C=O) groups excluding carboxylic acids is 1. The molecule has 1 aromatic heterocycles. The Morgan fingerprint density at radius 2 is 2.42 bits per heavy atom. The van der Waals surface area contributed by atoms with Crippen molar-refractivity contribution in [1.29, 1.82) is 0 Å². The van der Waals surface area contributed by atoms with Gasteiger partial charge in [0.1, 0.15) is 6.29 Å². The van der Waals surface area contributed by atoms with Crippen molar-refractivity contribution in [2.24, 2.45) is 5.92 Å². The molecule has 1 unspecified atom stereocenters. The Morgan fingerprint density at radius 1 is 1.67 bits per heavy atom. The number of carbonyl (C=O) groups is 1. The zero-order valence-corrected chi connectivity index (χ0v) is 8.41. The molecule has 2 nitrogen and oxygen atoms in total. The molecular formula is C9H10BrNO. The third-order valence-corrected chi connectivity index (χ3v) is 2.02. The Bertz CT molecular complexity index is 258. The molecule has 0 aliphatic heterocycles. The van der Waals surface area contributed by atoms with Gasteiger partial charge in [0.25, 0.3) is 0 Å². The van der Waals surface area contributed by atoms with Gasteiger partial charge in [0.15, 0.2) is 0 Å². The third kappa shape index (κ3) is 2.74. The maximum atomic E-state index is 10.3. The minimum Gasteiger partial charge on any atom is -0.303 e. The van der Waals surface area contributed by atoms with E-state index < -0.39 is 0 Å². The van der Waals surface area contributed by atoms with Crippen LogP contribution < -0.4 is 0 Å². The summed E-state index contributed by atoms with van der Waals surface area (Å²) in [4.78, 5) is 14.5. The van der Waals surface area contributed by atoms with Crippen LogP contribution in [-0.4, -0.2) is 11.3 Å². The van der Waals surface area contributed by atoms with Crippen molar-refractivity contribution in [3.63, 3.8) is 0 Å². The number of pyridine rings is 1. The van der Waals surface area contributed by atoms with Crippen molar-refractivity contribution >= 4 is 22.2 Å². The summed E-state index contributed by atoms with van der Waals surface area (Å²) in [5.41, 5.74) is 0.956. The maximum Gasteiger partial charge on any atom is 0.123 e. The van der Waals surface area contributed by atoms with Gasteiger partial charge in [-0.3, -0.25) is 4.98 Å². The number of hydrogen-bond donors (Lipinski definition) is 0. The summed E-state index contributed by atoms with van der Waals surface area (Å²) in [6.45, 7) is 1.89. The first-order chi connectivity index (χ1) is 5.72. The van der Waals surface area contributed by atoms with Gasteiger partial charge in [-0.25, -0.2) is 0 Å². The van der Waals surface area contributed by atoms with E-state index in [1.165, 1.54) is 0 Å². The summed E-state index contributed by atoms with van der Waals surface area (Å²) in [6, 6.07) is 3.85. The normalized spacial score (nSPS) is 12.5. The number of aldehydes is 1. The number of aromatic nitrogens is 1. The molecule has 0 saturated heterocycles. The molecule has 1 aromatic rings. The fourth-order valence-corrected chi connectivity index (χ4v) is 1.14. The van der Waals surface area contributed by atoms with E-state index in [0.717, 1.165) is 22.9 Å². The minimum absolute atomic E-state index is 0.0543. The lowest BCUT2D eigenvalue weighted by atomic mass is 10.1. The highest BCUT2D eigenvalue weighted by Crippen LogP contribution is 2.09. The smallest absolute Gasteiger partial charge is 0.123 e. The van der Waals surface area contributed by atoms with Crippen LogP contribution >= 0.6 is 15.9 Å². The molecule has 0 bridgehead atoms. The average Bonchev–Trinajstić information content (AvgIpc) is 2.09. The first kappa shape index (κ1) is 9.39. The Hall–Kier alpha value is -0.700. The van der Waals surface area contributed by atoms with Gasteiger partial charge in [-0.1, -0.05) is 6.92 Å². The Balaban J connectivity index is 2.64. The van der Waals surface area contributed by atoms with Crippen LogP contribution in [0.25, 0.3) is 0 Å². The Morgan fingerprint density at radius 3 is 2.92 bits per heavy atom. The largest absolute Gasteiger partial charge is 0.303 e. The standard InChI is InChI=1S/C9H10BrNO/c1-7(6-12)4-9-3-2-8(10)5-11-9/h2-3,5-7H,4H2,1H3. The van der Waals surface area contributed by atoms with Crippen LogP contribution in [0.4, 0.5) is 0 Å². The first-order valence-corrected chi connectivity index (χ1v) is 4.57. The second-order valence-corrected chi connectivity index (χ2v) is 3.70. The molecule has 0 N–H and O–H groups in total. The molecular weight excluding hydrogens is 218 g/mol. The SMILES string of the molecule is CC(C=O)Cc1ccc(Br)cn1. The third-order valence-electron chi connectivity index (χ3n) is 1.55. The number of halogens is 1. The summed E-state index contributed by atoms with van der Waals surface area (Å²) in [7, 11) is 0. The molecule has 1 rings (SSSR count). The zero-order valence-electron chi connectivity index (χ0n) is 6.83. The molecule has 64 valence electrons. The van der Waals surface area contributed by atoms with Gasteiger partial charge in [-0.05, 0) is 34.5 Å². The van der Waals surface area contributed by atoms with E-state index in [-0.39, 0.29) is 5.92 Å². The molecule has 0 aliphatic carbocycles. The predicted octanol–water partition coefficient (Wildman–Crippen LogP) is 2.22.